The fourth-order valence-corrected chi connectivity index (χ4v) is 6.29. The van der Waals surface area contributed by atoms with Crippen LogP contribution in [0, 0.1) is 0 Å². The second-order valence-electron chi connectivity index (χ2n) is 10.3. The first-order chi connectivity index (χ1) is 18.3. The van der Waals surface area contributed by atoms with Gasteiger partial charge in [0.05, 0.1) is 40.2 Å². The molecule has 4 rings (SSSR count). The number of aliphatic hydroxyl groups is 1. The molecule has 2 aromatic carbocycles. The number of β-amino-alcohol motifs (C(OH)–C–C–N with tert-alkyl or cyclic N) is 1. The lowest BCUT2D eigenvalue weighted by molar-refractivity contribution is 0.0194. The van der Waals surface area contributed by atoms with E-state index in [1.165, 1.54) is 5.30 Å². The molecule has 3 N–H and O–H groups in total. The molecule has 0 saturated carbocycles. The molecular weight excluding hydrogens is 527 g/mol. The van der Waals surface area contributed by atoms with E-state index in [1.54, 1.807) is 32.3 Å². The van der Waals surface area contributed by atoms with Gasteiger partial charge in [-0.2, -0.15) is 4.98 Å². The zero-order valence-corrected chi connectivity index (χ0v) is 24.5. The molecule has 1 aliphatic heterocycles. The highest BCUT2D eigenvalue weighted by Crippen LogP contribution is 2.41. The number of nitrogens with zero attached hydrogens (tertiary/aromatic N) is 4. The van der Waals surface area contributed by atoms with E-state index < -0.39 is 16.8 Å². The van der Waals surface area contributed by atoms with Crippen molar-refractivity contribution in [1.29, 1.82) is 0 Å². The van der Waals surface area contributed by atoms with Crippen molar-refractivity contribution >= 4 is 77.2 Å². The summed E-state index contributed by atoms with van der Waals surface area (Å²) in [4.78, 5) is 12.5. The molecule has 2 heterocycles. The maximum atomic E-state index is 11.0. The van der Waals surface area contributed by atoms with Crippen LogP contribution < -0.4 is 25.6 Å². The molecule has 0 bridgehead atoms. The first-order valence-corrected chi connectivity index (χ1v) is 14.9. The lowest BCUT2D eigenvalue weighted by atomic mass is 9.43. The Morgan fingerprint density at radius 3 is 2.46 bits per heavy atom. The Bertz CT molecular complexity index is 1310. The van der Waals surface area contributed by atoms with Crippen LogP contribution in [-0.4, -0.2) is 103 Å². The average Bonchev–Trinajstić information content (AvgIpc) is 2.84. The van der Waals surface area contributed by atoms with Gasteiger partial charge in [-0.3, -0.25) is 0 Å². The van der Waals surface area contributed by atoms with Crippen molar-refractivity contribution in [1.82, 2.24) is 14.9 Å². The number of likely N-dealkylation sites (N-methyl/N-ethyl adjacent to an activating group) is 1. The Kier molecular flexibility index (Phi) is 8.77. The predicted octanol–water partition coefficient (Wildman–Crippen LogP) is 3.05. The summed E-state index contributed by atoms with van der Waals surface area (Å²) in [6.07, 6.45) is 1.54. The van der Waals surface area contributed by atoms with Gasteiger partial charge in [0.25, 0.3) is 0 Å². The predicted molar refractivity (Wildman–Crippen MR) is 166 cm³/mol. The molecule has 13 heteroatoms. The van der Waals surface area contributed by atoms with Crippen LogP contribution in [-0.2, 0) is 0 Å². The number of nitrogens with one attached hydrogen (secondary N) is 2. The monoisotopic (exact) mass is 558 g/mol. The molecule has 0 amide bonds. The van der Waals surface area contributed by atoms with Crippen LogP contribution in [0.4, 0.5) is 28.8 Å². The standard InChI is InChI=1S/C26H31B3ClN6O2P/c1-35(2)23-25(27,28)14-36(15-26(23,29)37)16-10-11-18(20(12-16)38-3)33-24-31-13-17(30)22(34-24)32-19-8-6-7-9-21(19)39(4)5/h6-13,23,37H,14-15H2,1-5H3,(H2,31,32,33,34). The number of piperidine rings is 1. The summed E-state index contributed by atoms with van der Waals surface area (Å²) in [6, 6.07) is 13.0. The van der Waals surface area contributed by atoms with E-state index in [9.17, 15) is 5.11 Å². The van der Waals surface area contributed by atoms with Gasteiger partial charge in [-0.05, 0) is 50.9 Å². The maximum Gasteiger partial charge on any atom is 0.229 e. The van der Waals surface area contributed by atoms with Crippen molar-refractivity contribution in [3.05, 3.63) is 53.7 Å². The Hall–Kier alpha value is -2.45. The number of rotatable bonds is 8. The van der Waals surface area contributed by atoms with Gasteiger partial charge in [-0.15, -0.1) is 0 Å². The van der Waals surface area contributed by atoms with Crippen molar-refractivity contribution < 1.29 is 9.84 Å². The Morgan fingerprint density at radius 2 is 1.82 bits per heavy atom. The van der Waals surface area contributed by atoms with Gasteiger partial charge in [0.2, 0.25) is 5.95 Å². The summed E-state index contributed by atoms with van der Waals surface area (Å²) in [6.45, 7) is 4.80. The number of halogens is 1. The summed E-state index contributed by atoms with van der Waals surface area (Å²) in [5.74, 6) is 1.36. The topological polar surface area (TPSA) is 85.8 Å². The molecule has 1 aliphatic rings. The molecule has 198 valence electrons. The van der Waals surface area contributed by atoms with Crippen LogP contribution in [0.3, 0.4) is 0 Å². The molecule has 2 atom stereocenters. The molecule has 3 aromatic rings. The zero-order chi connectivity index (χ0) is 28.5. The highest BCUT2D eigenvalue weighted by molar-refractivity contribution is 7.64. The molecule has 0 spiro atoms. The number of benzene rings is 2. The van der Waals surface area contributed by atoms with Crippen molar-refractivity contribution in [2.45, 2.75) is 16.8 Å². The van der Waals surface area contributed by atoms with Crippen molar-refractivity contribution in [3.63, 3.8) is 0 Å². The van der Waals surface area contributed by atoms with E-state index in [-0.39, 0.29) is 21.0 Å². The number of methoxy groups -OCH3 is 1. The number of anilines is 5. The lowest BCUT2D eigenvalue weighted by Crippen LogP contribution is -2.68. The van der Waals surface area contributed by atoms with E-state index >= 15 is 0 Å². The van der Waals surface area contributed by atoms with E-state index in [2.05, 4.69) is 40.0 Å². The summed E-state index contributed by atoms with van der Waals surface area (Å²) < 4.78 is 5.66. The maximum absolute atomic E-state index is 11.0. The molecule has 39 heavy (non-hydrogen) atoms. The van der Waals surface area contributed by atoms with Crippen LogP contribution >= 0.6 is 19.5 Å². The zero-order valence-electron chi connectivity index (χ0n) is 22.8. The number of aromatic nitrogens is 2. The number of hydrogen-bond donors (Lipinski definition) is 3. The second-order valence-corrected chi connectivity index (χ2v) is 12.9. The largest absolute Gasteiger partial charge is 0.494 e. The van der Waals surface area contributed by atoms with Crippen molar-refractivity contribution in [2.24, 2.45) is 0 Å². The number of hydrogen-bond acceptors (Lipinski definition) is 8. The molecule has 2 unspecified atom stereocenters. The summed E-state index contributed by atoms with van der Waals surface area (Å²) in [7, 11) is 23.9. The Labute approximate surface area is 240 Å². The normalized spacial score (nSPS) is 20.7. The quantitative estimate of drug-likeness (QED) is 0.288. The first-order valence-electron chi connectivity index (χ1n) is 12.3. The van der Waals surface area contributed by atoms with E-state index in [0.717, 1.165) is 11.4 Å². The highest BCUT2D eigenvalue weighted by Gasteiger charge is 2.48. The number of para-hydroxylation sites is 1. The van der Waals surface area contributed by atoms with Gasteiger partial charge >= 0.3 is 0 Å². The molecule has 1 fully saturated rings. The SMILES string of the molecule is [B]C1([B])CN(c2ccc(Nc3ncc(Cl)c(Nc4ccccc4P(C)C)n3)c(OC)c2)CC([B])(O)C1N(C)C. The van der Waals surface area contributed by atoms with Gasteiger partial charge < -0.3 is 30.3 Å². The Balaban J connectivity index is 1.58. The molecule has 0 aliphatic carbocycles. The lowest BCUT2D eigenvalue weighted by Gasteiger charge is -2.56. The number of ether oxygens (including phenoxy) is 1. The Morgan fingerprint density at radius 1 is 1.10 bits per heavy atom. The third-order valence-electron chi connectivity index (χ3n) is 6.59. The van der Waals surface area contributed by atoms with E-state index in [0.29, 0.717) is 28.2 Å². The van der Waals surface area contributed by atoms with Crippen LogP contribution in [0.1, 0.15) is 0 Å². The second kappa shape index (κ2) is 11.6. The smallest absolute Gasteiger partial charge is 0.229 e. The third-order valence-corrected chi connectivity index (χ3v) is 8.22. The van der Waals surface area contributed by atoms with Crippen molar-refractivity contribution in [2.75, 3.05) is 63.2 Å². The third kappa shape index (κ3) is 6.49. The van der Waals surface area contributed by atoms with Gasteiger partial charge in [0.1, 0.15) is 18.6 Å². The molecule has 1 saturated heterocycles. The van der Waals surface area contributed by atoms with Gasteiger partial charge in [0.15, 0.2) is 5.82 Å². The van der Waals surface area contributed by atoms with Crippen LogP contribution in [0.15, 0.2) is 48.7 Å². The van der Waals surface area contributed by atoms with E-state index in [1.807, 2.05) is 41.3 Å². The minimum absolute atomic E-state index is 0.135. The van der Waals surface area contributed by atoms with Gasteiger partial charge in [-0.25, -0.2) is 4.98 Å². The minimum atomic E-state index is -1.63. The summed E-state index contributed by atoms with van der Waals surface area (Å²) in [5.41, 5.74) is 0.699. The van der Waals surface area contributed by atoms with Gasteiger partial charge in [-0.1, -0.05) is 42.9 Å². The van der Waals surface area contributed by atoms with Gasteiger partial charge in [0, 0.05) is 36.6 Å². The molecular formula is C26H31B3ClN6O2P. The fraction of sp³-hybridized carbons (Fsp3) is 0.385. The molecule has 6 radical (unpaired) electrons. The minimum Gasteiger partial charge on any atom is -0.494 e. The van der Waals surface area contributed by atoms with E-state index in [4.69, 9.17) is 39.9 Å². The van der Waals surface area contributed by atoms with Crippen molar-refractivity contribution in [3.8, 4) is 5.75 Å². The average molecular weight is 558 g/mol. The first kappa shape index (κ1) is 29.5. The van der Waals surface area contributed by atoms with Crippen LogP contribution in [0.25, 0.3) is 0 Å². The van der Waals surface area contributed by atoms with Crippen LogP contribution in [0.2, 0.25) is 10.2 Å². The highest BCUT2D eigenvalue weighted by atomic mass is 35.5. The molecule has 8 nitrogen and oxygen atoms in total. The van der Waals surface area contributed by atoms with Crippen LogP contribution in [0.5, 0.6) is 5.75 Å². The summed E-state index contributed by atoms with van der Waals surface area (Å²) >= 11 is 6.43. The molecule has 1 aromatic heterocycles. The fourth-order valence-electron chi connectivity index (χ4n) is 5.15. The summed E-state index contributed by atoms with van der Waals surface area (Å²) in [5, 5.41) is 17.9.